The Balaban J connectivity index is 2.03. The zero-order valence-corrected chi connectivity index (χ0v) is 13.3. The van der Waals surface area contributed by atoms with Crippen molar-refractivity contribution in [2.45, 2.75) is 38.8 Å². The van der Waals surface area contributed by atoms with Gasteiger partial charge in [0.1, 0.15) is 12.1 Å². The highest BCUT2D eigenvalue weighted by atomic mass is 35.5. The molecule has 112 valence electrons. The molecule has 2 amide bonds. The Hall–Kier alpha value is -1.26. The second kappa shape index (κ2) is 5.18. The first-order valence-corrected chi connectivity index (χ1v) is 7.75. The van der Waals surface area contributed by atoms with Crippen molar-refractivity contribution in [2.24, 2.45) is 5.92 Å². The summed E-state index contributed by atoms with van der Waals surface area (Å²) in [5.41, 5.74) is 1.34. The molecule has 1 aliphatic carbocycles. The van der Waals surface area contributed by atoms with Crippen LogP contribution in [0.25, 0.3) is 0 Å². The Labute approximate surface area is 133 Å². The highest BCUT2D eigenvalue weighted by Crippen LogP contribution is 2.38. The van der Waals surface area contributed by atoms with Crippen LogP contribution >= 0.6 is 23.2 Å². The van der Waals surface area contributed by atoms with Gasteiger partial charge >= 0.3 is 0 Å². The molecular formula is C15H16Cl2N2O2. The van der Waals surface area contributed by atoms with Crippen molar-refractivity contribution in [1.29, 1.82) is 0 Å². The summed E-state index contributed by atoms with van der Waals surface area (Å²) in [6, 6.07) is 2.35. The first-order chi connectivity index (χ1) is 9.90. The fourth-order valence-electron chi connectivity index (χ4n) is 2.69. The number of halogens is 2. The minimum absolute atomic E-state index is 0.105. The van der Waals surface area contributed by atoms with Crippen molar-refractivity contribution in [3.63, 3.8) is 0 Å². The lowest BCUT2D eigenvalue weighted by atomic mass is 10.0. The Morgan fingerprint density at radius 2 is 1.86 bits per heavy atom. The van der Waals surface area contributed by atoms with Gasteiger partial charge in [0.15, 0.2) is 0 Å². The second-order valence-corrected chi connectivity index (χ2v) is 6.58. The van der Waals surface area contributed by atoms with Crippen LogP contribution in [0, 0.1) is 12.8 Å². The van der Waals surface area contributed by atoms with Crippen LogP contribution < -0.4 is 10.2 Å². The zero-order valence-electron chi connectivity index (χ0n) is 11.8. The molecule has 1 N–H and O–H groups in total. The number of benzene rings is 1. The number of nitrogens with one attached hydrogen (secondary N) is 1. The molecule has 2 fully saturated rings. The average molecular weight is 327 g/mol. The maximum absolute atomic E-state index is 12.7. The predicted molar refractivity (Wildman–Crippen MR) is 82.8 cm³/mol. The largest absolute Gasteiger partial charge is 0.342 e. The van der Waals surface area contributed by atoms with Crippen molar-refractivity contribution in [2.75, 3.05) is 4.90 Å². The summed E-state index contributed by atoms with van der Waals surface area (Å²) in [6.07, 6.45) is 1.95. The maximum atomic E-state index is 12.7. The van der Waals surface area contributed by atoms with Crippen LogP contribution in [0.4, 0.5) is 5.69 Å². The van der Waals surface area contributed by atoms with Crippen LogP contribution in [-0.4, -0.2) is 23.9 Å². The minimum atomic E-state index is -0.594. The third-order valence-electron chi connectivity index (χ3n) is 4.15. The molecular weight excluding hydrogens is 311 g/mol. The number of rotatable bonds is 2. The molecule has 21 heavy (non-hydrogen) atoms. The normalized spacial score (nSPS) is 26.0. The lowest BCUT2D eigenvalue weighted by molar-refractivity contribution is -0.133. The Kier molecular flexibility index (Phi) is 3.62. The van der Waals surface area contributed by atoms with Crippen molar-refractivity contribution in [3.8, 4) is 0 Å². The summed E-state index contributed by atoms with van der Waals surface area (Å²) < 4.78 is 0. The molecule has 6 heteroatoms. The zero-order chi connectivity index (χ0) is 15.3. The van der Waals surface area contributed by atoms with E-state index in [0.717, 1.165) is 18.4 Å². The molecule has 0 aromatic heterocycles. The van der Waals surface area contributed by atoms with E-state index < -0.39 is 12.1 Å². The van der Waals surface area contributed by atoms with Crippen molar-refractivity contribution >= 4 is 40.7 Å². The summed E-state index contributed by atoms with van der Waals surface area (Å²) in [7, 11) is 0. The first kappa shape index (κ1) is 14.7. The van der Waals surface area contributed by atoms with E-state index in [-0.39, 0.29) is 17.7 Å². The first-order valence-electron chi connectivity index (χ1n) is 6.99. The number of carbonyl (C=O) groups excluding carboxylic acids is 2. The van der Waals surface area contributed by atoms with Crippen molar-refractivity contribution in [3.05, 3.63) is 27.7 Å². The summed E-state index contributed by atoms with van der Waals surface area (Å²) in [5, 5.41) is 3.78. The molecule has 0 spiro atoms. The van der Waals surface area contributed by atoms with Gasteiger partial charge in [-0.1, -0.05) is 23.2 Å². The van der Waals surface area contributed by atoms with Gasteiger partial charge in [-0.25, -0.2) is 0 Å². The molecule has 3 rings (SSSR count). The lowest BCUT2D eigenvalue weighted by Gasteiger charge is -2.38. The average Bonchev–Trinajstić information content (AvgIpc) is 3.24. The van der Waals surface area contributed by atoms with E-state index in [1.807, 2.05) is 6.92 Å². The van der Waals surface area contributed by atoms with E-state index in [1.165, 1.54) is 4.90 Å². The highest BCUT2D eigenvalue weighted by molar-refractivity contribution is 6.36. The molecule has 2 atom stereocenters. The number of hydrogen-bond acceptors (Lipinski definition) is 2. The van der Waals surface area contributed by atoms with Crippen molar-refractivity contribution in [1.82, 2.24) is 5.32 Å². The number of amides is 2. The highest BCUT2D eigenvalue weighted by Gasteiger charge is 2.46. The SMILES string of the molecule is Cc1cc(Cl)c(N2C(=O)C(C3CC3)NC(=O)C2C)cc1Cl. The van der Waals surface area contributed by atoms with E-state index >= 15 is 0 Å². The Morgan fingerprint density at radius 1 is 1.19 bits per heavy atom. The van der Waals surface area contributed by atoms with Crippen molar-refractivity contribution < 1.29 is 9.59 Å². The molecule has 1 saturated carbocycles. The Morgan fingerprint density at radius 3 is 2.48 bits per heavy atom. The molecule has 2 aliphatic rings. The molecule has 1 heterocycles. The predicted octanol–water partition coefficient (Wildman–Crippen LogP) is 2.93. The van der Waals surface area contributed by atoms with Crippen LogP contribution in [0.3, 0.4) is 0 Å². The van der Waals surface area contributed by atoms with E-state index in [0.29, 0.717) is 15.7 Å². The van der Waals surface area contributed by atoms with E-state index in [1.54, 1.807) is 19.1 Å². The van der Waals surface area contributed by atoms with Gasteiger partial charge in [-0.05, 0) is 50.3 Å². The Bertz CT molecular complexity index is 628. The second-order valence-electron chi connectivity index (χ2n) is 5.76. The van der Waals surface area contributed by atoms with Crippen LogP contribution in [0.15, 0.2) is 12.1 Å². The summed E-state index contributed by atoms with van der Waals surface area (Å²) in [4.78, 5) is 26.4. The summed E-state index contributed by atoms with van der Waals surface area (Å²) in [5.74, 6) is -0.0122. The van der Waals surface area contributed by atoms with Crippen LogP contribution in [-0.2, 0) is 9.59 Å². The number of nitrogens with zero attached hydrogens (tertiary/aromatic N) is 1. The summed E-state index contributed by atoms with van der Waals surface area (Å²) in [6.45, 7) is 3.54. The van der Waals surface area contributed by atoms with Crippen LogP contribution in [0.2, 0.25) is 10.0 Å². The fraction of sp³-hybridized carbons (Fsp3) is 0.467. The third kappa shape index (κ3) is 2.51. The number of hydrogen-bond donors (Lipinski definition) is 1. The van der Waals surface area contributed by atoms with Gasteiger partial charge in [0, 0.05) is 5.02 Å². The van der Waals surface area contributed by atoms with Gasteiger partial charge in [0.2, 0.25) is 5.91 Å². The molecule has 0 radical (unpaired) electrons. The number of piperazine rings is 1. The molecule has 4 nitrogen and oxygen atoms in total. The maximum Gasteiger partial charge on any atom is 0.250 e. The molecule has 1 aromatic rings. The topological polar surface area (TPSA) is 49.4 Å². The lowest BCUT2D eigenvalue weighted by Crippen LogP contribution is -2.63. The fourth-order valence-corrected chi connectivity index (χ4v) is 3.16. The monoisotopic (exact) mass is 326 g/mol. The smallest absolute Gasteiger partial charge is 0.250 e. The number of carbonyl (C=O) groups is 2. The van der Waals surface area contributed by atoms with Gasteiger partial charge in [0.25, 0.3) is 5.91 Å². The molecule has 1 aromatic carbocycles. The standard InChI is InChI=1S/C15H16Cl2N2O2/c1-7-5-11(17)12(6-10(7)16)19-8(2)14(20)18-13(15(19)21)9-3-4-9/h5-6,8-9,13H,3-4H2,1-2H3,(H,18,20). The molecule has 1 saturated heterocycles. The van der Waals surface area contributed by atoms with E-state index in [2.05, 4.69) is 5.32 Å². The van der Waals surface area contributed by atoms with Gasteiger partial charge in [0.05, 0.1) is 10.7 Å². The van der Waals surface area contributed by atoms with Gasteiger partial charge in [-0.2, -0.15) is 0 Å². The number of aryl methyl sites for hydroxylation is 1. The third-order valence-corrected chi connectivity index (χ3v) is 4.86. The van der Waals surface area contributed by atoms with E-state index in [4.69, 9.17) is 23.2 Å². The van der Waals surface area contributed by atoms with Gasteiger partial charge in [-0.3, -0.25) is 14.5 Å². The number of anilines is 1. The van der Waals surface area contributed by atoms with Gasteiger partial charge < -0.3 is 5.32 Å². The van der Waals surface area contributed by atoms with Crippen LogP contribution in [0.5, 0.6) is 0 Å². The van der Waals surface area contributed by atoms with Crippen LogP contribution in [0.1, 0.15) is 25.3 Å². The molecule has 2 unspecified atom stereocenters. The molecule has 1 aliphatic heterocycles. The van der Waals surface area contributed by atoms with E-state index in [9.17, 15) is 9.59 Å². The minimum Gasteiger partial charge on any atom is -0.342 e. The summed E-state index contributed by atoms with van der Waals surface area (Å²) >= 11 is 12.4. The van der Waals surface area contributed by atoms with Gasteiger partial charge in [-0.15, -0.1) is 0 Å². The molecule has 0 bridgehead atoms. The quantitative estimate of drug-likeness (QED) is 0.908.